The van der Waals surface area contributed by atoms with Gasteiger partial charge in [0.15, 0.2) is 5.66 Å². The van der Waals surface area contributed by atoms with Gasteiger partial charge in [0.1, 0.15) is 10.8 Å². The maximum Gasteiger partial charge on any atom is 0.234 e. The fraction of sp³-hybridized carbons (Fsp3) is 0.400. The van der Waals surface area contributed by atoms with Crippen LogP contribution in [-0.4, -0.2) is 59.7 Å². The maximum atomic E-state index is 12.7. The van der Waals surface area contributed by atoms with E-state index < -0.39 is 5.66 Å². The summed E-state index contributed by atoms with van der Waals surface area (Å²) in [5.41, 5.74) is 3.12. The number of hydrogen-bond donors (Lipinski definition) is 1. The summed E-state index contributed by atoms with van der Waals surface area (Å²) in [7, 11) is 1.65. The Kier molecular flexibility index (Phi) is 7.41. The van der Waals surface area contributed by atoms with Crippen molar-refractivity contribution in [3.63, 3.8) is 0 Å². The molecular formula is C25H29ClN4O2S. The molecule has 33 heavy (non-hydrogen) atoms. The van der Waals surface area contributed by atoms with Crippen molar-refractivity contribution in [2.24, 2.45) is 9.98 Å². The third-order valence-electron chi connectivity index (χ3n) is 6.11. The molecule has 0 radical (unpaired) electrons. The van der Waals surface area contributed by atoms with Gasteiger partial charge in [-0.1, -0.05) is 36.4 Å². The molecule has 4 rings (SSSR count). The molecule has 2 aromatic carbocycles. The summed E-state index contributed by atoms with van der Waals surface area (Å²) in [6, 6.07) is 13.3. The third kappa shape index (κ3) is 5.60. The number of benzene rings is 2. The minimum atomic E-state index is -0.427. The molecule has 8 heteroatoms. The number of nitrogens with one attached hydrogen (secondary N) is 1. The smallest absolute Gasteiger partial charge is 0.234 e. The number of anilines is 1. The van der Waals surface area contributed by atoms with E-state index in [9.17, 15) is 4.79 Å². The zero-order valence-corrected chi connectivity index (χ0v) is 20.8. The molecule has 0 aromatic heterocycles. The summed E-state index contributed by atoms with van der Waals surface area (Å²) in [6.07, 6.45) is 1.77. The lowest BCUT2D eigenvalue weighted by Crippen LogP contribution is -2.41. The van der Waals surface area contributed by atoms with Crippen LogP contribution in [0.2, 0.25) is 5.02 Å². The molecule has 1 N–H and O–H groups in total. The Morgan fingerprint density at radius 3 is 2.58 bits per heavy atom. The molecule has 1 spiro atoms. The molecule has 2 aromatic rings. The van der Waals surface area contributed by atoms with Gasteiger partial charge in [0.05, 0.1) is 18.6 Å². The number of nitrogens with zero attached hydrogens (tertiary/aromatic N) is 3. The predicted octanol–water partition coefficient (Wildman–Crippen LogP) is 5.04. The van der Waals surface area contributed by atoms with Crippen molar-refractivity contribution in [1.29, 1.82) is 0 Å². The largest absolute Gasteiger partial charge is 0.497 e. The van der Waals surface area contributed by atoms with Crippen LogP contribution < -0.4 is 10.1 Å². The molecule has 0 aliphatic carbocycles. The number of likely N-dealkylation sites (tertiary alicyclic amines) is 1. The number of methoxy groups -OCH3 is 1. The average Bonchev–Trinajstić information content (AvgIpc) is 3.18. The molecular weight excluding hydrogens is 456 g/mol. The number of halogens is 1. The SMILES string of the molecule is CCN1CCC2(CC1)N=C(SCC(=O)Nc1cc(Cl)ccc1C)C(c1ccc(OC)cc1)=N2. The number of thioether (sulfide) groups is 1. The quantitative estimate of drug-likeness (QED) is 0.623. The molecule has 174 valence electrons. The Labute approximate surface area is 204 Å². The number of aryl methyl sites for hydroxylation is 1. The van der Waals surface area contributed by atoms with Crippen LogP contribution in [0.15, 0.2) is 52.4 Å². The number of rotatable bonds is 6. The second-order valence-electron chi connectivity index (χ2n) is 8.32. The summed E-state index contributed by atoms with van der Waals surface area (Å²) in [6.45, 7) is 7.13. The van der Waals surface area contributed by atoms with Crippen molar-refractivity contribution in [2.75, 3.05) is 37.8 Å². The molecule has 0 saturated carbocycles. The number of piperidine rings is 1. The summed E-state index contributed by atoms with van der Waals surface area (Å²) in [5, 5.41) is 4.38. The molecule has 1 fully saturated rings. The number of amides is 1. The Hall–Kier alpha value is -2.35. The van der Waals surface area contributed by atoms with E-state index in [4.69, 9.17) is 26.3 Å². The maximum absolute atomic E-state index is 12.7. The Bertz CT molecular complexity index is 1080. The highest BCUT2D eigenvalue weighted by atomic mass is 35.5. The fourth-order valence-corrected chi connectivity index (χ4v) is 5.11. The van der Waals surface area contributed by atoms with E-state index in [0.29, 0.717) is 5.02 Å². The van der Waals surface area contributed by atoms with E-state index in [-0.39, 0.29) is 11.7 Å². The van der Waals surface area contributed by atoms with Crippen LogP contribution in [0, 0.1) is 6.92 Å². The van der Waals surface area contributed by atoms with E-state index in [0.717, 1.165) is 65.8 Å². The van der Waals surface area contributed by atoms with Gasteiger partial charge in [-0.15, -0.1) is 0 Å². The molecule has 2 aliphatic heterocycles. The predicted molar refractivity (Wildman–Crippen MR) is 138 cm³/mol. The monoisotopic (exact) mass is 484 g/mol. The molecule has 6 nitrogen and oxygen atoms in total. The highest BCUT2D eigenvalue weighted by molar-refractivity contribution is 8.16. The van der Waals surface area contributed by atoms with Crippen molar-refractivity contribution in [2.45, 2.75) is 32.4 Å². The van der Waals surface area contributed by atoms with Gasteiger partial charge < -0.3 is 15.0 Å². The summed E-state index contributed by atoms with van der Waals surface area (Å²) in [4.78, 5) is 25.3. The summed E-state index contributed by atoms with van der Waals surface area (Å²) in [5.74, 6) is 0.951. The van der Waals surface area contributed by atoms with Crippen LogP contribution in [0.5, 0.6) is 5.75 Å². The fourth-order valence-electron chi connectivity index (χ4n) is 4.06. The summed E-state index contributed by atoms with van der Waals surface area (Å²) >= 11 is 7.53. The van der Waals surface area contributed by atoms with E-state index in [1.165, 1.54) is 11.8 Å². The first-order valence-electron chi connectivity index (χ1n) is 11.2. The van der Waals surface area contributed by atoms with Gasteiger partial charge >= 0.3 is 0 Å². The third-order valence-corrected chi connectivity index (χ3v) is 7.31. The van der Waals surface area contributed by atoms with Gasteiger partial charge in [-0.3, -0.25) is 9.79 Å². The van der Waals surface area contributed by atoms with Gasteiger partial charge in [-0.2, -0.15) is 0 Å². The minimum Gasteiger partial charge on any atom is -0.497 e. The Balaban J connectivity index is 1.52. The number of carbonyl (C=O) groups excluding carboxylic acids is 1. The van der Waals surface area contributed by atoms with E-state index in [1.807, 2.05) is 43.3 Å². The lowest BCUT2D eigenvalue weighted by Gasteiger charge is -2.34. The minimum absolute atomic E-state index is 0.0936. The van der Waals surface area contributed by atoms with Crippen molar-refractivity contribution in [3.8, 4) is 5.75 Å². The van der Waals surface area contributed by atoms with Crippen LogP contribution in [-0.2, 0) is 4.79 Å². The van der Waals surface area contributed by atoms with Crippen LogP contribution in [0.4, 0.5) is 5.69 Å². The molecule has 2 aliphatic rings. The van der Waals surface area contributed by atoms with E-state index in [1.54, 1.807) is 13.2 Å². The number of ether oxygens (including phenoxy) is 1. The van der Waals surface area contributed by atoms with Gasteiger partial charge in [0, 0.05) is 42.2 Å². The van der Waals surface area contributed by atoms with Crippen LogP contribution in [0.1, 0.15) is 30.9 Å². The lowest BCUT2D eigenvalue weighted by molar-refractivity contribution is -0.113. The van der Waals surface area contributed by atoms with Crippen LogP contribution in [0.25, 0.3) is 0 Å². The first kappa shape index (κ1) is 23.8. The number of hydrogen-bond acceptors (Lipinski definition) is 6. The van der Waals surface area contributed by atoms with Crippen LogP contribution >= 0.6 is 23.4 Å². The highest BCUT2D eigenvalue weighted by Gasteiger charge is 2.39. The first-order valence-corrected chi connectivity index (χ1v) is 12.5. The molecule has 0 unspecified atom stereocenters. The first-order chi connectivity index (χ1) is 15.9. The number of carbonyl (C=O) groups is 1. The Morgan fingerprint density at radius 2 is 1.91 bits per heavy atom. The second-order valence-corrected chi connectivity index (χ2v) is 9.72. The van der Waals surface area contributed by atoms with Crippen molar-refractivity contribution >= 4 is 45.7 Å². The molecule has 0 bridgehead atoms. The molecule has 2 heterocycles. The highest BCUT2D eigenvalue weighted by Crippen LogP contribution is 2.36. The zero-order valence-electron chi connectivity index (χ0n) is 19.2. The van der Waals surface area contributed by atoms with Gasteiger partial charge in [-0.25, -0.2) is 4.99 Å². The molecule has 0 atom stereocenters. The standard InChI is InChI=1S/C25H29ClN4O2S/c1-4-30-13-11-25(12-14-30)28-23(18-6-9-20(32-3)10-7-18)24(29-25)33-16-22(31)27-21-15-19(26)8-5-17(21)2/h5-10,15H,4,11-14,16H2,1-3H3,(H,27,31). The van der Waals surface area contributed by atoms with Gasteiger partial charge in [0.2, 0.25) is 5.91 Å². The summed E-state index contributed by atoms with van der Waals surface area (Å²) < 4.78 is 5.30. The van der Waals surface area contributed by atoms with E-state index in [2.05, 4.69) is 17.1 Å². The Morgan fingerprint density at radius 1 is 1.18 bits per heavy atom. The lowest BCUT2D eigenvalue weighted by atomic mass is 9.98. The van der Waals surface area contributed by atoms with Crippen molar-refractivity contribution < 1.29 is 9.53 Å². The van der Waals surface area contributed by atoms with Crippen LogP contribution in [0.3, 0.4) is 0 Å². The van der Waals surface area contributed by atoms with Crippen molar-refractivity contribution in [1.82, 2.24) is 4.90 Å². The van der Waals surface area contributed by atoms with Gasteiger partial charge in [0.25, 0.3) is 0 Å². The molecule has 1 amide bonds. The second kappa shape index (κ2) is 10.3. The molecule has 1 saturated heterocycles. The normalized spacial score (nSPS) is 17.6. The zero-order chi connectivity index (χ0) is 23.4. The van der Waals surface area contributed by atoms with Gasteiger partial charge in [-0.05, 0) is 55.4 Å². The van der Waals surface area contributed by atoms with E-state index >= 15 is 0 Å². The average molecular weight is 485 g/mol. The topological polar surface area (TPSA) is 66.3 Å². The number of aliphatic imine (C=N–C) groups is 2. The van der Waals surface area contributed by atoms with Crippen molar-refractivity contribution in [3.05, 3.63) is 58.6 Å².